The van der Waals surface area contributed by atoms with Crippen molar-refractivity contribution in [2.75, 3.05) is 13.7 Å². The second kappa shape index (κ2) is 5.27. The maximum atomic E-state index is 11.4. The van der Waals surface area contributed by atoms with Crippen molar-refractivity contribution in [3.63, 3.8) is 0 Å². The van der Waals surface area contributed by atoms with Crippen molar-refractivity contribution in [3.8, 4) is 0 Å². The first-order valence-electron chi connectivity index (χ1n) is 4.55. The van der Waals surface area contributed by atoms with E-state index in [-0.39, 0.29) is 11.9 Å². The number of hydrogen-bond donors (Lipinski definition) is 0. The van der Waals surface area contributed by atoms with Gasteiger partial charge in [0.25, 0.3) is 0 Å². The van der Waals surface area contributed by atoms with Crippen LogP contribution in [-0.2, 0) is 14.3 Å². The molecule has 0 N–H and O–H groups in total. The van der Waals surface area contributed by atoms with Crippen LogP contribution in [0.3, 0.4) is 0 Å². The zero-order valence-corrected chi connectivity index (χ0v) is 8.40. The van der Waals surface area contributed by atoms with Crippen molar-refractivity contribution in [1.82, 2.24) is 0 Å². The third-order valence-corrected chi connectivity index (χ3v) is 1.84. The minimum absolute atomic E-state index is 0.231. The van der Waals surface area contributed by atoms with Crippen molar-refractivity contribution >= 4 is 5.97 Å². The van der Waals surface area contributed by atoms with Crippen LogP contribution >= 0.6 is 0 Å². The normalized spacial score (nSPS) is 19.9. The quantitative estimate of drug-likeness (QED) is 0.643. The summed E-state index contributed by atoms with van der Waals surface area (Å²) >= 11 is 0. The van der Waals surface area contributed by atoms with Crippen molar-refractivity contribution in [2.45, 2.75) is 6.92 Å². The van der Waals surface area contributed by atoms with Gasteiger partial charge < -0.3 is 9.47 Å². The summed E-state index contributed by atoms with van der Waals surface area (Å²) in [7, 11) is 1.59. The third-order valence-electron chi connectivity index (χ3n) is 1.84. The lowest BCUT2D eigenvalue weighted by Crippen LogP contribution is -2.13. The van der Waals surface area contributed by atoms with E-state index < -0.39 is 0 Å². The van der Waals surface area contributed by atoms with E-state index in [1.807, 2.05) is 0 Å². The van der Waals surface area contributed by atoms with Gasteiger partial charge in [-0.1, -0.05) is 18.2 Å². The molecule has 3 heteroatoms. The lowest BCUT2D eigenvalue weighted by atomic mass is 10.1. The number of rotatable bonds is 3. The molecule has 0 aromatic heterocycles. The van der Waals surface area contributed by atoms with Gasteiger partial charge in [0.2, 0.25) is 0 Å². The summed E-state index contributed by atoms with van der Waals surface area (Å²) in [6, 6.07) is 0. The Balaban J connectivity index is 2.65. The van der Waals surface area contributed by atoms with Gasteiger partial charge in [0.1, 0.15) is 5.76 Å². The maximum absolute atomic E-state index is 11.4. The fourth-order valence-electron chi connectivity index (χ4n) is 1.12. The van der Waals surface area contributed by atoms with E-state index in [0.29, 0.717) is 6.61 Å². The summed E-state index contributed by atoms with van der Waals surface area (Å²) < 4.78 is 9.93. The molecule has 3 nitrogen and oxygen atoms in total. The summed E-state index contributed by atoms with van der Waals surface area (Å²) in [6.07, 6.45) is 8.90. The minimum atomic E-state index is -0.307. The molecule has 0 amide bonds. The molecule has 0 bridgehead atoms. The highest BCUT2D eigenvalue weighted by atomic mass is 16.5. The minimum Gasteiger partial charge on any atom is -0.497 e. The summed E-state index contributed by atoms with van der Waals surface area (Å²) in [5.41, 5.74) is 0. The largest absolute Gasteiger partial charge is 0.497 e. The molecule has 0 aromatic carbocycles. The molecule has 0 aliphatic heterocycles. The molecule has 0 radical (unpaired) electrons. The molecule has 1 aliphatic carbocycles. The molecule has 76 valence electrons. The highest BCUT2D eigenvalue weighted by molar-refractivity contribution is 5.77. The number of hydrogen-bond acceptors (Lipinski definition) is 3. The first-order chi connectivity index (χ1) is 6.77. The van der Waals surface area contributed by atoms with Gasteiger partial charge in [-0.2, -0.15) is 0 Å². The molecule has 1 rings (SSSR count). The molecule has 0 aromatic rings. The number of ether oxygens (including phenoxy) is 2. The molecule has 0 heterocycles. The molecule has 0 saturated heterocycles. The maximum Gasteiger partial charge on any atom is 0.316 e. The molecule has 1 atom stereocenters. The molecule has 0 fully saturated rings. The number of carbonyl (C=O) groups excluding carboxylic acids is 1. The number of esters is 1. The summed E-state index contributed by atoms with van der Waals surface area (Å²) in [4.78, 5) is 11.4. The average molecular weight is 194 g/mol. The number of carbonyl (C=O) groups is 1. The summed E-state index contributed by atoms with van der Waals surface area (Å²) in [6.45, 7) is 2.20. The van der Waals surface area contributed by atoms with Gasteiger partial charge in [-0.15, -0.1) is 0 Å². The Morgan fingerprint density at radius 2 is 2.29 bits per heavy atom. The Bertz CT molecular complexity index is 287. The highest BCUT2D eigenvalue weighted by Gasteiger charge is 2.13. The Labute approximate surface area is 83.7 Å². The van der Waals surface area contributed by atoms with Crippen molar-refractivity contribution in [3.05, 3.63) is 36.1 Å². The van der Waals surface area contributed by atoms with Gasteiger partial charge in [0, 0.05) is 0 Å². The van der Waals surface area contributed by atoms with Gasteiger partial charge in [0.15, 0.2) is 0 Å². The van der Waals surface area contributed by atoms with E-state index in [1.165, 1.54) is 0 Å². The first kappa shape index (κ1) is 10.6. The summed E-state index contributed by atoms with van der Waals surface area (Å²) in [5, 5.41) is 0. The first-order valence-corrected chi connectivity index (χ1v) is 4.55. The molecule has 1 aliphatic rings. The van der Waals surface area contributed by atoms with Crippen molar-refractivity contribution in [1.29, 1.82) is 0 Å². The SMILES string of the molecule is CCOC(=O)C1C=CC=C(OC)C=C1. The van der Waals surface area contributed by atoms with E-state index in [0.717, 1.165) is 5.76 Å². The van der Waals surface area contributed by atoms with Crippen molar-refractivity contribution in [2.24, 2.45) is 5.92 Å². The predicted molar refractivity (Wildman–Crippen MR) is 53.5 cm³/mol. The van der Waals surface area contributed by atoms with Crippen molar-refractivity contribution < 1.29 is 14.3 Å². The molecule has 1 unspecified atom stereocenters. The Morgan fingerprint density at radius 1 is 1.50 bits per heavy atom. The molecular weight excluding hydrogens is 180 g/mol. The lowest BCUT2D eigenvalue weighted by molar-refractivity contribution is -0.144. The zero-order valence-electron chi connectivity index (χ0n) is 8.40. The number of allylic oxidation sites excluding steroid dienone is 3. The lowest BCUT2D eigenvalue weighted by Gasteiger charge is -2.05. The van der Waals surface area contributed by atoms with Crippen LogP contribution in [0.1, 0.15) is 6.92 Å². The molecule has 0 spiro atoms. The Kier molecular flexibility index (Phi) is 3.98. The smallest absolute Gasteiger partial charge is 0.316 e. The van der Waals surface area contributed by atoms with Crippen LogP contribution in [0.2, 0.25) is 0 Å². The van der Waals surface area contributed by atoms with Gasteiger partial charge in [-0.05, 0) is 19.1 Å². The highest BCUT2D eigenvalue weighted by Crippen LogP contribution is 2.12. The van der Waals surface area contributed by atoms with Gasteiger partial charge in [-0.3, -0.25) is 4.79 Å². The van der Waals surface area contributed by atoms with E-state index in [9.17, 15) is 4.79 Å². The summed E-state index contributed by atoms with van der Waals surface area (Å²) in [5.74, 6) is 0.192. The fraction of sp³-hybridized carbons (Fsp3) is 0.364. The van der Waals surface area contributed by atoms with Crippen LogP contribution in [0.5, 0.6) is 0 Å². The topological polar surface area (TPSA) is 35.5 Å². The standard InChI is InChI=1S/C11H14O3/c1-3-14-11(12)9-5-4-6-10(13-2)8-7-9/h4-9H,3H2,1-2H3. The predicted octanol–water partition coefficient (Wildman–Crippen LogP) is 1.82. The van der Waals surface area contributed by atoms with E-state index in [4.69, 9.17) is 9.47 Å². The molecule has 0 saturated carbocycles. The van der Waals surface area contributed by atoms with Gasteiger partial charge in [-0.25, -0.2) is 0 Å². The van der Waals surface area contributed by atoms with E-state index >= 15 is 0 Å². The van der Waals surface area contributed by atoms with Crippen LogP contribution < -0.4 is 0 Å². The van der Waals surface area contributed by atoms with Crippen LogP contribution in [0.25, 0.3) is 0 Å². The third kappa shape index (κ3) is 2.76. The monoisotopic (exact) mass is 194 g/mol. The second-order valence-electron chi connectivity index (χ2n) is 2.80. The van der Waals surface area contributed by atoms with Gasteiger partial charge in [0.05, 0.1) is 19.6 Å². The van der Waals surface area contributed by atoms with E-state index in [2.05, 4.69) is 0 Å². The van der Waals surface area contributed by atoms with Crippen LogP contribution in [0.15, 0.2) is 36.1 Å². The van der Waals surface area contributed by atoms with Crippen LogP contribution in [0.4, 0.5) is 0 Å². The van der Waals surface area contributed by atoms with Crippen LogP contribution in [-0.4, -0.2) is 19.7 Å². The number of methoxy groups -OCH3 is 1. The molecule has 14 heavy (non-hydrogen) atoms. The van der Waals surface area contributed by atoms with Crippen LogP contribution in [0, 0.1) is 5.92 Å². The average Bonchev–Trinajstić information content (AvgIpc) is 2.42. The fourth-order valence-corrected chi connectivity index (χ4v) is 1.12. The zero-order chi connectivity index (χ0) is 10.4. The second-order valence-corrected chi connectivity index (χ2v) is 2.80. The van der Waals surface area contributed by atoms with E-state index in [1.54, 1.807) is 44.4 Å². The molecular formula is C11H14O3. The van der Waals surface area contributed by atoms with Gasteiger partial charge >= 0.3 is 5.97 Å². The Morgan fingerprint density at radius 3 is 2.93 bits per heavy atom. The Hall–Kier alpha value is -1.51.